The molecule has 0 atom stereocenters. The van der Waals surface area contributed by atoms with E-state index in [-0.39, 0.29) is 0 Å². The number of nitrogens with zero attached hydrogens (tertiary/aromatic N) is 1. The van der Waals surface area contributed by atoms with Crippen LogP contribution in [-0.2, 0) is 7.05 Å². The molecule has 0 amide bonds. The predicted molar refractivity (Wildman–Crippen MR) is 43.9 cm³/mol. The van der Waals surface area contributed by atoms with Crippen LogP contribution in [0.15, 0.2) is 12.3 Å². The third kappa shape index (κ3) is 1.01. The van der Waals surface area contributed by atoms with Crippen LogP contribution in [0.3, 0.4) is 0 Å². The van der Waals surface area contributed by atoms with E-state index in [0.29, 0.717) is 5.92 Å². The molecule has 0 radical (unpaired) electrons. The number of nitrogen functional groups attached to an aromatic ring is 1. The van der Waals surface area contributed by atoms with Crippen molar-refractivity contribution in [3.05, 3.63) is 17.8 Å². The molecule has 2 N–H and O–H groups in total. The van der Waals surface area contributed by atoms with Gasteiger partial charge in [0.2, 0.25) is 0 Å². The largest absolute Gasteiger partial charge is 0.385 e. The van der Waals surface area contributed by atoms with Crippen molar-refractivity contribution >= 4 is 5.82 Å². The second kappa shape index (κ2) is 2.37. The summed E-state index contributed by atoms with van der Waals surface area (Å²) in [7, 11) is 1.96. The van der Waals surface area contributed by atoms with Crippen molar-refractivity contribution in [2.75, 3.05) is 5.73 Å². The Morgan fingerprint density at radius 3 is 2.30 bits per heavy atom. The first-order valence-electron chi connectivity index (χ1n) is 3.53. The Bertz CT molecular complexity index is 223. The fourth-order valence-electron chi connectivity index (χ4n) is 1.05. The summed E-state index contributed by atoms with van der Waals surface area (Å²) in [5.41, 5.74) is 7.00. The Labute approximate surface area is 61.7 Å². The molecule has 2 nitrogen and oxygen atoms in total. The molecule has 10 heavy (non-hydrogen) atoms. The van der Waals surface area contributed by atoms with E-state index in [2.05, 4.69) is 19.9 Å². The molecule has 1 rings (SSSR count). The zero-order valence-electron chi connectivity index (χ0n) is 6.76. The van der Waals surface area contributed by atoms with Crippen molar-refractivity contribution in [2.45, 2.75) is 19.8 Å². The molecule has 1 aromatic rings. The number of anilines is 1. The highest BCUT2D eigenvalue weighted by Crippen LogP contribution is 2.21. The maximum atomic E-state index is 5.77. The van der Waals surface area contributed by atoms with Gasteiger partial charge in [-0.15, -0.1) is 0 Å². The highest BCUT2D eigenvalue weighted by atomic mass is 15.0. The SMILES string of the molecule is CC(C)c1ccn(C)c1N. The lowest BCUT2D eigenvalue weighted by Gasteiger charge is -2.03. The molecule has 0 saturated carbocycles. The summed E-state index contributed by atoms with van der Waals surface area (Å²) in [4.78, 5) is 0. The van der Waals surface area contributed by atoms with E-state index in [1.807, 2.05) is 17.8 Å². The maximum absolute atomic E-state index is 5.77. The summed E-state index contributed by atoms with van der Waals surface area (Å²) in [6.45, 7) is 4.29. The van der Waals surface area contributed by atoms with Gasteiger partial charge in [-0.3, -0.25) is 0 Å². The van der Waals surface area contributed by atoms with E-state index in [0.717, 1.165) is 5.82 Å². The lowest BCUT2D eigenvalue weighted by Crippen LogP contribution is -1.98. The Morgan fingerprint density at radius 1 is 1.50 bits per heavy atom. The third-order valence-electron chi connectivity index (χ3n) is 1.78. The van der Waals surface area contributed by atoms with Crippen LogP contribution in [0.25, 0.3) is 0 Å². The molecule has 0 unspecified atom stereocenters. The van der Waals surface area contributed by atoms with Gasteiger partial charge in [0.15, 0.2) is 0 Å². The van der Waals surface area contributed by atoms with Crippen LogP contribution >= 0.6 is 0 Å². The summed E-state index contributed by atoms with van der Waals surface area (Å²) >= 11 is 0. The van der Waals surface area contributed by atoms with Crippen molar-refractivity contribution in [2.24, 2.45) is 7.05 Å². The zero-order chi connectivity index (χ0) is 7.72. The van der Waals surface area contributed by atoms with E-state index >= 15 is 0 Å². The van der Waals surface area contributed by atoms with E-state index < -0.39 is 0 Å². The van der Waals surface area contributed by atoms with Gasteiger partial charge in [-0.1, -0.05) is 13.8 Å². The third-order valence-corrected chi connectivity index (χ3v) is 1.78. The summed E-state index contributed by atoms with van der Waals surface area (Å²) < 4.78 is 1.94. The smallest absolute Gasteiger partial charge is 0.106 e. The molecule has 0 spiro atoms. The van der Waals surface area contributed by atoms with Gasteiger partial charge in [0.1, 0.15) is 5.82 Å². The fraction of sp³-hybridized carbons (Fsp3) is 0.500. The van der Waals surface area contributed by atoms with Crippen LogP contribution in [0.4, 0.5) is 5.82 Å². The van der Waals surface area contributed by atoms with Gasteiger partial charge in [-0.25, -0.2) is 0 Å². The Hall–Kier alpha value is -0.920. The van der Waals surface area contributed by atoms with Crippen LogP contribution < -0.4 is 5.73 Å². The highest BCUT2D eigenvalue weighted by Gasteiger charge is 2.05. The van der Waals surface area contributed by atoms with E-state index in [4.69, 9.17) is 5.73 Å². The average molecular weight is 138 g/mol. The molecule has 0 aliphatic carbocycles. The van der Waals surface area contributed by atoms with Crippen LogP contribution in [-0.4, -0.2) is 4.57 Å². The van der Waals surface area contributed by atoms with Gasteiger partial charge < -0.3 is 10.3 Å². The van der Waals surface area contributed by atoms with E-state index in [1.54, 1.807) is 0 Å². The molecule has 1 aromatic heterocycles. The number of nitrogens with two attached hydrogens (primary N) is 1. The highest BCUT2D eigenvalue weighted by molar-refractivity contribution is 5.43. The molecule has 0 aromatic carbocycles. The molecule has 0 saturated heterocycles. The molecule has 1 heterocycles. The minimum absolute atomic E-state index is 0.529. The molecule has 0 bridgehead atoms. The van der Waals surface area contributed by atoms with Crippen LogP contribution in [0.2, 0.25) is 0 Å². The first-order chi connectivity index (χ1) is 4.63. The minimum atomic E-state index is 0.529. The maximum Gasteiger partial charge on any atom is 0.106 e. The first-order valence-corrected chi connectivity index (χ1v) is 3.53. The summed E-state index contributed by atoms with van der Waals surface area (Å²) in [5.74, 6) is 1.41. The Balaban J connectivity index is 3.05. The van der Waals surface area contributed by atoms with E-state index in [1.165, 1.54) is 5.56 Å². The second-order valence-corrected chi connectivity index (χ2v) is 2.92. The van der Waals surface area contributed by atoms with Gasteiger partial charge in [0.05, 0.1) is 0 Å². The van der Waals surface area contributed by atoms with Crippen molar-refractivity contribution in [3.8, 4) is 0 Å². The molecular weight excluding hydrogens is 124 g/mol. The van der Waals surface area contributed by atoms with Crippen LogP contribution in [0.5, 0.6) is 0 Å². The standard InChI is InChI=1S/C8H14N2/c1-6(2)7-4-5-10(3)8(7)9/h4-6H,9H2,1-3H3. The van der Waals surface area contributed by atoms with Gasteiger partial charge in [0, 0.05) is 13.2 Å². The summed E-state index contributed by atoms with van der Waals surface area (Å²) in [6.07, 6.45) is 1.99. The zero-order valence-corrected chi connectivity index (χ0v) is 6.76. The average Bonchev–Trinajstić information content (AvgIpc) is 2.14. The quantitative estimate of drug-likeness (QED) is 0.629. The van der Waals surface area contributed by atoms with Gasteiger partial charge in [-0.2, -0.15) is 0 Å². The van der Waals surface area contributed by atoms with Gasteiger partial charge in [-0.05, 0) is 17.5 Å². The monoisotopic (exact) mass is 138 g/mol. The second-order valence-electron chi connectivity index (χ2n) is 2.92. The number of hydrogen-bond donors (Lipinski definition) is 1. The van der Waals surface area contributed by atoms with Crippen LogP contribution in [0.1, 0.15) is 25.3 Å². The summed E-state index contributed by atoms with van der Waals surface area (Å²) in [6, 6.07) is 2.07. The van der Waals surface area contributed by atoms with Crippen molar-refractivity contribution in [1.29, 1.82) is 0 Å². The molecule has 0 aliphatic heterocycles. The molecule has 56 valence electrons. The Kier molecular flexibility index (Phi) is 1.70. The molecular formula is C8H14N2. The molecule has 0 aliphatic rings. The van der Waals surface area contributed by atoms with Crippen molar-refractivity contribution < 1.29 is 0 Å². The van der Waals surface area contributed by atoms with Crippen molar-refractivity contribution in [1.82, 2.24) is 4.57 Å². The normalized spacial score (nSPS) is 10.8. The topological polar surface area (TPSA) is 30.9 Å². The fourth-order valence-corrected chi connectivity index (χ4v) is 1.05. The minimum Gasteiger partial charge on any atom is -0.385 e. The predicted octanol–water partition coefficient (Wildman–Crippen LogP) is 1.73. The van der Waals surface area contributed by atoms with E-state index in [9.17, 15) is 0 Å². The molecule has 2 heteroatoms. The molecule has 0 fully saturated rings. The lowest BCUT2D eigenvalue weighted by molar-refractivity contribution is 0.858. The lowest BCUT2D eigenvalue weighted by atomic mass is 10.1. The van der Waals surface area contributed by atoms with Crippen LogP contribution in [0, 0.1) is 0 Å². The first kappa shape index (κ1) is 7.19. The number of hydrogen-bond acceptors (Lipinski definition) is 1. The van der Waals surface area contributed by atoms with Crippen molar-refractivity contribution in [3.63, 3.8) is 0 Å². The Morgan fingerprint density at radius 2 is 2.10 bits per heavy atom. The number of aryl methyl sites for hydroxylation is 1. The number of rotatable bonds is 1. The van der Waals surface area contributed by atoms with Gasteiger partial charge in [0.25, 0.3) is 0 Å². The van der Waals surface area contributed by atoms with Gasteiger partial charge >= 0.3 is 0 Å². The number of aromatic nitrogens is 1. The summed E-state index contributed by atoms with van der Waals surface area (Å²) in [5, 5.41) is 0.